The Bertz CT molecular complexity index is 575. The van der Waals surface area contributed by atoms with Crippen LogP contribution >= 0.6 is 23.2 Å². The molecule has 2 nitrogen and oxygen atoms in total. The lowest BCUT2D eigenvalue weighted by Crippen LogP contribution is -2.23. The van der Waals surface area contributed by atoms with Crippen LogP contribution in [0.1, 0.15) is 12.5 Å². The van der Waals surface area contributed by atoms with E-state index < -0.39 is 0 Å². The van der Waals surface area contributed by atoms with E-state index in [1.54, 1.807) is 24.3 Å². The van der Waals surface area contributed by atoms with Crippen molar-refractivity contribution in [1.82, 2.24) is 4.98 Å². The Labute approximate surface area is 121 Å². The second-order valence-electron chi connectivity index (χ2n) is 4.05. The van der Waals surface area contributed by atoms with Gasteiger partial charge >= 0.3 is 0 Å². The molecule has 0 aliphatic carbocycles. The molecule has 0 amide bonds. The highest BCUT2D eigenvalue weighted by Crippen LogP contribution is 2.24. The van der Waals surface area contributed by atoms with Gasteiger partial charge in [-0.3, -0.25) is 0 Å². The topological polar surface area (TPSA) is 16.1 Å². The summed E-state index contributed by atoms with van der Waals surface area (Å²) < 4.78 is 13.8. The Morgan fingerprint density at radius 1 is 1.16 bits per heavy atom. The molecule has 2 aromatic rings. The summed E-state index contributed by atoms with van der Waals surface area (Å²) in [5, 5.41) is 0.699. The molecule has 5 heteroatoms. The Balaban J connectivity index is 2.27. The molecule has 0 N–H and O–H groups in total. The summed E-state index contributed by atoms with van der Waals surface area (Å²) in [5.41, 5.74) is 1.37. The summed E-state index contributed by atoms with van der Waals surface area (Å²) in [7, 11) is 0. The van der Waals surface area contributed by atoms with Crippen molar-refractivity contribution in [3.05, 3.63) is 58.1 Å². The normalized spacial score (nSPS) is 10.5. The minimum atomic E-state index is -0.248. The van der Waals surface area contributed by atoms with Crippen molar-refractivity contribution >= 4 is 28.9 Å². The number of pyridine rings is 1. The maximum Gasteiger partial charge on any atom is 0.146 e. The second kappa shape index (κ2) is 6.22. The van der Waals surface area contributed by atoms with Crippen LogP contribution in [0.25, 0.3) is 0 Å². The highest BCUT2D eigenvalue weighted by atomic mass is 35.5. The molecule has 1 aromatic heterocycles. The molecular weight excluding hydrogens is 286 g/mol. The molecule has 0 saturated heterocycles. The predicted molar refractivity (Wildman–Crippen MR) is 77.4 cm³/mol. The maximum atomic E-state index is 13.8. The van der Waals surface area contributed by atoms with E-state index in [0.717, 1.165) is 5.56 Å². The van der Waals surface area contributed by atoms with E-state index in [0.29, 0.717) is 29.1 Å². The van der Waals surface area contributed by atoms with Crippen LogP contribution in [0, 0.1) is 5.82 Å². The van der Waals surface area contributed by atoms with E-state index in [4.69, 9.17) is 23.2 Å². The number of halogens is 3. The van der Waals surface area contributed by atoms with Gasteiger partial charge in [-0.05, 0) is 25.1 Å². The van der Waals surface area contributed by atoms with Gasteiger partial charge in [-0.2, -0.15) is 0 Å². The van der Waals surface area contributed by atoms with Crippen molar-refractivity contribution in [2.75, 3.05) is 11.4 Å². The lowest BCUT2D eigenvalue weighted by Gasteiger charge is -2.24. The second-order valence-corrected chi connectivity index (χ2v) is 4.79. The summed E-state index contributed by atoms with van der Waals surface area (Å²) in [6.07, 6.45) is 0. The molecule has 0 aliphatic rings. The molecule has 0 atom stereocenters. The zero-order valence-corrected chi connectivity index (χ0v) is 11.9. The predicted octanol–water partition coefficient (Wildman–Crippen LogP) is 4.55. The Morgan fingerprint density at radius 3 is 2.53 bits per heavy atom. The van der Waals surface area contributed by atoms with Gasteiger partial charge in [0.25, 0.3) is 0 Å². The quantitative estimate of drug-likeness (QED) is 0.770. The fourth-order valence-electron chi connectivity index (χ4n) is 1.84. The number of aromatic nitrogens is 1. The van der Waals surface area contributed by atoms with Gasteiger partial charge in [0.2, 0.25) is 0 Å². The fraction of sp³-hybridized carbons (Fsp3) is 0.214. The first-order valence-corrected chi connectivity index (χ1v) is 6.67. The average molecular weight is 299 g/mol. The largest absolute Gasteiger partial charge is 0.365 e. The maximum absolute atomic E-state index is 13.8. The van der Waals surface area contributed by atoms with Crippen LogP contribution in [0.4, 0.5) is 10.1 Å². The van der Waals surface area contributed by atoms with Crippen LogP contribution in [0.5, 0.6) is 0 Å². The molecule has 0 aliphatic heterocycles. The highest BCUT2D eigenvalue weighted by Gasteiger charge is 2.12. The number of benzene rings is 1. The molecule has 0 bridgehead atoms. The number of hydrogen-bond acceptors (Lipinski definition) is 2. The first kappa shape index (κ1) is 14.1. The number of anilines is 1. The number of nitrogens with zero attached hydrogens (tertiary/aromatic N) is 2. The molecule has 1 heterocycles. The third-order valence-electron chi connectivity index (χ3n) is 2.83. The first-order chi connectivity index (χ1) is 9.11. The van der Waals surface area contributed by atoms with Gasteiger partial charge in [0.05, 0.1) is 5.69 Å². The molecule has 0 saturated carbocycles. The van der Waals surface area contributed by atoms with Crippen LogP contribution in [0.15, 0.2) is 36.4 Å². The van der Waals surface area contributed by atoms with Crippen LogP contribution in [-0.2, 0) is 6.54 Å². The van der Waals surface area contributed by atoms with Gasteiger partial charge in [-0.1, -0.05) is 41.4 Å². The lowest BCUT2D eigenvalue weighted by atomic mass is 10.2. The van der Waals surface area contributed by atoms with Crippen molar-refractivity contribution in [2.45, 2.75) is 13.5 Å². The number of hydrogen-bond donors (Lipinski definition) is 0. The molecule has 0 radical (unpaired) electrons. The number of rotatable bonds is 4. The standard InChI is InChI=1S/C14H13Cl2FN2/c1-2-19(12-6-4-3-5-11(12)17)9-10-7-8-13(15)18-14(10)16/h3-8H,2,9H2,1H3. The third kappa shape index (κ3) is 3.37. The smallest absolute Gasteiger partial charge is 0.146 e. The van der Waals surface area contributed by atoms with Gasteiger partial charge in [0.1, 0.15) is 16.1 Å². The zero-order chi connectivity index (χ0) is 13.8. The Morgan fingerprint density at radius 2 is 1.89 bits per heavy atom. The molecule has 0 unspecified atom stereocenters. The SMILES string of the molecule is CCN(Cc1ccc(Cl)nc1Cl)c1ccccc1F. The molecule has 100 valence electrons. The van der Waals surface area contributed by atoms with Crippen molar-refractivity contribution in [1.29, 1.82) is 0 Å². The van der Waals surface area contributed by atoms with Crippen LogP contribution in [0.2, 0.25) is 10.3 Å². The van der Waals surface area contributed by atoms with Gasteiger partial charge in [0, 0.05) is 18.7 Å². The van der Waals surface area contributed by atoms with E-state index in [-0.39, 0.29) is 5.82 Å². The highest BCUT2D eigenvalue weighted by molar-refractivity contribution is 6.32. The van der Waals surface area contributed by atoms with E-state index >= 15 is 0 Å². The van der Waals surface area contributed by atoms with Gasteiger partial charge < -0.3 is 4.90 Å². The van der Waals surface area contributed by atoms with E-state index in [2.05, 4.69) is 4.98 Å². The Kier molecular flexibility index (Phi) is 4.61. The van der Waals surface area contributed by atoms with Gasteiger partial charge in [-0.15, -0.1) is 0 Å². The van der Waals surface area contributed by atoms with Crippen molar-refractivity contribution in [3.8, 4) is 0 Å². The van der Waals surface area contributed by atoms with Crippen LogP contribution < -0.4 is 4.90 Å². The van der Waals surface area contributed by atoms with Crippen molar-refractivity contribution < 1.29 is 4.39 Å². The summed E-state index contributed by atoms with van der Waals surface area (Å²) in [6, 6.07) is 10.2. The Hall–Kier alpha value is -1.32. The zero-order valence-electron chi connectivity index (χ0n) is 10.4. The summed E-state index contributed by atoms with van der Waals surface area (Å²) >= 11 is 11.8. The van der Waals surface area contributed by atoms with Crippen molar-refractivity contribution in [2.24, 2.45) is 0 Å². The molecule has 19 heavy (non-hydrogen) atoms. The van der Waals surface area contributed by atoms with E-state index in [9.17, 15) is 4.39 Å². The molecule has 0 fully saturated rings. The monoisotopic (exact) mass is 298 g/mol. The summed E-state index contributed by atoms with van der Waals surface area (Å²) in [4.78, 5) is 5.88. The molecule has 0 spiro atoms. The third-order valence-corrected chi connectivity index (χ3v) is 3.37. The molecular formula is C14H13Cl2FN2. The van der Waals surface area contributed by atoms with E-state index in [1.165, 1.54) is 6.07 Å². The number of para-hydroxylation sites is 1. The van der Waals surface area contributed by atoms with Gasteiger partial charge in [-0.25, -0.2) is 9.37 Å². The summed E-state index contributed by atoms with van der Waals surface area (Å²) in [5.74, 6) is -0.248. The summed E-state index contributed by atoms with van der Waals surface area (Å²) in [6.45, 7) is 3.12. The first-order valence-electron chi connectivity index (χ1n) is 5.92. The molecule has 2 rings (SSSR count). The minimum Gasteiger partial charge on any atom is -0.365 e. The van der Waals surface area contributed by atoms with Crippen LogP contribution in [-0.4, -0.2) is 11.5 Å². The average Bonchev–Trinajstić information content (AvgIpc) is 2.39. The van der Waals surface area contributed by atoms with Crippen LogP contribution in [0.3, 0.4) is 0 Å². The minimum absolute atomic E-state index is 0.248. The van der Waals surface area contributed by atoms with E-state index in [1.807, 2.05) is 17.9 Å². The molecule has 1 aromatic carbocycles. The van der Waals surface area contributed by atoms with Gasteiger partial charge in [0.15, 0.2) is 0 Å². The van der Waals surface area contributed by atoms with Crippen molar-refractivity contribution in [3.63, 3.8) is 0 Å². The lowest BCUT2D eigenvalue weighted by molar-refractivity contribution is 0.618. The fourth-order valence-corrected chi connectivity index (χ4v) is 2.24.